The Morgan fingerprint density at radius 1 is 1.33 bits per heavy atom. The van der Waals surface area contributed by atoms with Gasteiger partial charge in [-0.1, -0.05) is 5.16 Å². The van der Waals surface area contributed by atoms with Crippen molar-refractivity contribution in [2.45, 2.75) is 6.42 Å². The summed E-state index contributed by atoms with van der Waals surface area (Å²) in [5.74, 6) is -1.25. The van der Waals surface area contributed by atoms with Crippen molar-refractivity contribution in [1.29, 1.82) is 0 Å². The van der Waals surface area contributed by atoms with Crippen LogP contribution in [0.2, 0.25) is 0 Å². The number of hydrogen-bond donors (Lipinski definition) is 3. The van der Waals surface area contributed by atoms with Gasteiger partial charge in [-0.05, 0) is 12.1 Å². The topological polar surface area (TPSA) is 70.6 Å². The summed E-state index contributed by atoms with van der Waals surface area (Å²) in [6, 6.07) is 3.11. The van der Waals surface area contributed by atoms with Gasteiger partial charge in [0.05, 0.1) is 0 Å². The molecule has 0 aliphatic heterocycles. The summed E-state index contributed by atoms with van der Waals surface area (Å²) in [6.45, 7) is 0.332. The smallest absolute Gasteiger partial charge is 0.140 e. The highest BCUT2D eigenvalue weighted by molar-refractivity contribution is 5.80. The summed E-state index contributed by atoms with van der Waals surface area (Å²) in [7, 11) is 0. The first-order valence-electron chi connectivity index (χ1n) is 4.28. The van der Waals surface area contributed by atoms with Gasteiger partial charge in [0.25, 0.3) is 0 Å². The molecular formula is C9H11F2N3O. The van der Waals surface area contributed by atoms with Crippen LogP contribution in [-0.2, 0) is 0 Å². The van der Waals surface area contributed by atoms with Crippen molar-refractivity contribution >= 4 is 11.5 Å². The number of rotatable bonds is 4. The van der Waals surface area contributed by atoms with Gasteiger partial charge in [-0.15, -0.1) is 0 Å². The van der Waals surface area contributed by atoms with Gasteiger partial charge in [0.15, 0.2) is 0 Å². The third-order valence-electron chi connectivity index (χ3n) is 1.70. The Morgan fingerprint density at radius 3 is 2.47 bits per heavy atom. The molecular weight excluding hydrogens is 204 g/mol. The molecule has 0 aromatic heterocycles. The predicted octanol–water partition coefficient (Wildman–Crippen LogP) is 1.51. The van der Waals surface area contributed by atoms with Crippen molar-refractivity contribution < 1.29 is 14.0 Å². The van der Waals surface area contributed by atoms with Crippen molar-refractivity contribution in [3.8, 4) is 0 Å². The molecule has 0 radical (unpaired) electrons. The summed E-state index contributed by atoms with van der Waals surface area (Å²) in [6.07, 6.45) is 0.286. The normalized spacial score (nSPS) is 11.5. The zero-order chi connectivity index (χ0) is 11.3. The fourth-order valence-corrected chi connectivity index (χ4v) is 1.04. The summed E-state index contributed by atoms with van der Waals surface area (Å²) >= 11 is 0. The standard InChI is InChI=1S/C9H11F2N3O/c10-6-3-7(11)5-8(4-6)13-2-1-9(12)14-15/h3-5,13,15H,1-2H2,(H2,12,14). The Kier molecular flexibility index (Phi) is 3.84. The number of benzene rings is 1. The number of anilines is 1. The van der Waals surface area contributed by atoms with Crippen LogP contribution in [0.3, 0.4) is 0 Å². The van der Waals surface area contributed by atoms with Crippen molar-refractivity contribution in [3.63, 3.8) is 0 Å². The van der Waals surface area contributed by atoms with Gasteiger partial charge >= 0.3 is 0 Å². The highest BCUT2D eigenvalue weighted by Gasteiger charge is 2.00. The maximum atomic E-state index is 12.7. The average Bonchev–Trinajstić information content (AvgIpc) is 2.16. The summed E-state index contributed by atoms with van der Waals surface area (Å²) in [5, 5.41) is 13.7. The molecule has 1 aromatic carbocycles. The summed E-state index contributed by atoms with van der Waals surface area (Å²) < 4.78 is 25.4. The molecule has 0 bridgehead atoms. The minimum absolute atomic E-state index is 0.0550. The third-order valence-corrected chi connectivity index (χ3v) is 1.70. The molecule has 0 heterocycles. The van der Waals surface area contributed by atoms with Crippen LogP contribution < -0.4 is 11.1 Å². The SMILES string of the molecule is NC(CCNc1cc(F)cc(F)c1)=NO. The van der Waals surface area contributed by atoms with Gasteiger partial charge in [0, 0.05) is 24.7 Å². The zero-order valence-corrected chi connectivity index (χ0v) is 7.87. The monoisotopic (exact) mass is 215 g/mol. The second-order valence-electron chi connectivity index (χ2n) is 2.93. The largest absolute Gasteiger partial charge is 0.409 e. The van der Waals surface area contributed by atoms with Gasteiger partial charge in [0.1, 0.15) is 17.5 Å². The van der Waals surface area contributed by atoms with Crippen LogP contribution in [0.1, 0.15) is 6.42 Å². The van der Waals surface area contributed by atoms with Gasteiger partial charge in [-0.3, -0.25) is 0 Å². The lowest BCUT2D eigenvalue weighted by Gasteiger charge is -2.05. The van der Waals surface area contributed by atoms with E-state index in [9.17, 15) is 8.78 Å². The molecule has 0 saturated carbocycles. The van der Waals surface area contributed by atoms with Crippen LogP contribution >= 0.6 is 0 Å². The molecule has 1 rings (SSSR count). The highest BCUT2D eigenvalue weighted by Crippen LogP contribution is 2.12. The third kappa shape index (κ3) is 3.80. The van der Waals surface area contributed by atoms with Gasteiger partial charge in [0.2, 0.25) is 0 Å². The van der Waals surface area contributed by atoms with Crippen molar-refractivity contribution in [2.75, 3.05) is 11.9 Å². The van der Waals surface area contributed by atoms with Crippen molar-refractivity contribution in [2.24, 2.45) is 10.9 Å². The van der Waals surface area contributed by atoms with Gasteiger partial charge in [-0.25, -0.2) is 8.78 Å². The van der Waals surface area contributed by atoms with E-state index in [0.717, 1.165) is 18.2 Å². The molecule has 0 amide bonds. The van der Waals surface area contributed by atoms with E-state index >= 15 is 0 Å². The van der Waals surface area contributed by atoms with Crippen molar-refractivity contribution in [3.05, 3.63) is 29.8 Å². The number of hydrogen-bond acceptors (Lipinski definition) is 3. The Labute approximate surface area is 85.4 Å². The number of nitrogens with one attached hydrogen (secondary N) is 1. The quantitative estimate of drug-likeness (QED) is 0.308. The van der Waals surface area contributed by atoms with Gasteiger partial charge in [-0.2, -0.15) is 0 Å². The molecule has 15 heavy (non-hydrogen) atoms. The van der Waals surface area contributed by atoms with Crippen LogP contribution in [0, 0.1) is 11.6 Å². The lowest BCUT2D eigenvalue weighted by atomic mass is 10.3. The minimum Gasteiger partial charge on any atom is -0.409 e. The van der Waals surface area contributed by atoms with E-state index in [4.69, 9.17) is 10.9 Å². The van der Waals surface area contributed by atoms with Gasteiger partial charge < -0.3 is 16.3 Å². The fraction of sp³-hybridized carbons (Fsp3) is 0.222. The van der Waals surface area contributed by atoms with E-state index in [-0.39, 0.29) is 12.3 Å². The highest BCUT2D eigenvalue weighted by atomic mass is 19.1. The first kappa shape index (κ1) is 11.2. The Hall–Kier alpha value is -1.85. The van der Waals surface area contributed by atoms with Crippen LogP contribution in [0.4, 0.5) is 14.5 Å². The second-order valence-corrected chi connectivity index (χ2v) is 2.93. The molecule has 4 nitrogen and oxygen atoms in total. The van der Waals surface area contributed by atoms with E-state index in [1.165, 1.54) is 0 Å². The number of halogens is 2. The van der Waals surface area contributed by atoms with E-state index in [1.807, 2.05) is 0 Å². The van der Waals surface area contributed by atoms with Crippen LogP contribution in [0.15, 0.2) is 23.4 Å². The van der Waals surface area contributed by atoms with E-state index in [1.54, 1.807) is 0 Å². The molecule has 6 heteroatoms. The van der Waals surface area contributed by atoms with E-state index in [2.05, 4.69) is 10.5 Å². The lowest BCUT2D eigenvalue weighted by Crippen LogP contribution is -2.16. The molecule has 0 aliphatic carbocycles. The Bertz CT molecular complexity index is 348. The maximum absolute atomic E-state index is 12.7. The molecule has 0 unspecified atom stereocenters. The molecule has 1 aromatic rings. The molecule has 82 valence electrons. The molecule has 4 N–H and O–H groups in total. The maximum Gasteiger partial charge on any atom is 0.140 e. The van der Waals surface area contributed by atoms with Crippen LogP contribution in [0.5, 0.6) is 0 Å². The molecule has 0 fully saturated rings. The minimum atomic E-state index is -0.652. The number of nitrogens with zero attached hydrogens (tertiary/aromatic N) is 1. The molecule has 0 saturated heterocycles. The fourth-order valence-electron chi connectivity index (χ4n) is 1.04. The number of oxime groups is 1. The first-order chi connectivity index (χ1) is 7.11. The predicted molar refractivity (Wildman–Crippen MR) is 52.9 cm³/mol. The number of nitrogens with two attached hydrogens (primary N) is 1. The summed E-state index contributed by atoms with van der Waals surface area (Å²) in [5.41, 5.74) is 5.53. The lowest BCUT2D eigenvalue weighted by molar-refractivity contribution is 0.317. The Balaban J connectivity index is 2.51. The zero-order valence-electron chi connectivity index (χ0n) is 7.87. The first-order valence-corrected chi connectivity index (χ1v) is 4.28. The van der Waals surface area contributed by atoms with Crippen LogP contribution in [0.25, 0.3) is 0 Å². The van der Waals surface area contributed by atoms with E-state index < -0.39 is 11.6 Å². The molecule has 0 atom stereocenters. The van der Waals surface area contributed by atoms with Crippen molar-refractivity contribution in [1.82, 2.24) is 0 Å². The summed E-state index contributed by atoms with van der Waals surface area (Å²) in [4.78, 5) is 0. The molecule has 0 spiro atoms. The average molecular weight is 215 g/mol. The Morgan fingerprint density at radius 2 is 1.93 bits per heavy atom. The van der Waals surface area contributed by atoms with E-state index in [0.29, 0.717) is 12.2 Å². The second kappa shape index (κ2) is 5.14. The van der Waals surface area contributed by atoms with Crippen LogP contribution in [-0.4, -0.2) is 17.6 Å². The molecule has 0 aliphatic rings. The number of amidine groups is 1.